The van der Waals surface area contributed by atoms with Crippen molar-refractivity contribution in [2.24, 2.45) is 15.9 Å². The fraction of sp³-hybridized carbons (Fsp3) is 0.543. The predicted octanol–water partition coefficient (Wildman–Crippen LogP) is 4.67. The van der Waals surface area contributed by atoms with Crippen LogP contribution in [-0.2, 0) is 37.2 Å². The van der Waals surface area contributed by atoms with Crippen LogP contribution in [-0.4, -0.2) is 46.2 Å². The van der Waals surface area contributed by atoms with Crippen LogP contribution in [0.1, 0.15) is 114 Å². The van der Waals surface area contributed by atoms with E-state index in [-0.39, 0.29) is 39.2 Å². The molecule has 3 unspecified atom stereocenters. The number of phenols is 2. The van der Waals surface area contributed by atoms with Crippen LogP contribution in [0.25, 0.3) is 0 Å². The summed E-state index contributed by atoms with van der Waals surface area (Å²) >= 11 is 0. The van der Waals surface area contributed by atoms with Gasteiger partial charge in [0, 0.05) is 46.6 Å². The quantitative estimate of drug-likeness (QED) is 0.460. The molecule has 2 saturated carbocycles. The van der Waals surface area contributed by atoms with E-state index in [4.69, 9.17) is 29.8 Å². The second-order valence-corrected chi connectivity index (χ2v) is 14.0. The van der Waals surface area contributed by atoms with Gasteiger partial charge in [0.15, 0.2) is 0 Å². The number of phenolic OH excluding ortho intramolecular Hbond substituents is 2. The van der Waals surface area contributed by atoms with E-state index in [0.29, 0.717) is 17.4 Å². The molecule has 3 atom stereocenters. The Morgan fingerprint density at radius 1 is 0.841 bits per heavy atom. The molecule has 2 aliphatic rings. The molecule has 0 saturated heterocycles. The van der Waals surface area contributed by atoms with E-state index in [1.165, 1.54) is 6.42 Å². The molecule has 243 valence electrons. The summed E-state index contributed by atoms with van der Waals surface area (Å²) in [6.45, 7) is 18.8. The number of rotatable bonds is 4. The van der Waals surface area contributed by atoms with E-state index in [9.17, 15) is 10.2 Å². The number of aromatic hydroxyl groups is 2. The Morgan fingerprint density at radius 2 is 1.25 bits per heavy atom. The van der Waals surface area contributed by atoms with Crippen LogP contribution < -0.4 is 10.2 Å². The zero-order valence-electron chi connectivity index (χ0n) is 27.7. The minimum absolute atomic E-state index is 0. The van der Waals surface area contributed by atoms with Gasteiger partial charge in [-0.15, -0.1) is 0 Å². The van der Waals surface area contributed by atoms with Crippen LogP contribution in [0.5, 0.6) is 11.5 Å². The number of nitrogens with zero attached hydrogens (tertiary/aromatic N) is 2. The van der Waals surface area contributed by atoms with Crippen molar-refractivity contribution in [2.75, 3.05) is 0 Å². The van der Waals surface area contributed by atoms with Gasteiger partial charge in [-0.05, 0) is 93.4 Å². The molecule has 0 aliphatic heterocycles. The number of fused-ring (bicyclic) bond motifs is 2. The van der Waals surface area contributed by atoms with Gasteiger partial charge in [-0.2, -0.15) is 0 Å². The average Bonchev–Trinajstić information content (AvgIpc) is 3.41. The molecule has 2 N–H and O–H groups in total. The number of aliphatic carboxylic acids is 2. The summed E-state index contributed by atoms with van der Waals surface area (Å²) in [5, 5.41) is 39.8. The topological polar surface area (TPSA) is 145 Å². The summed E-state index contributed by atoms with van der Waals surface area (Å²) in [6, 6.07) is 8.25. The van der Waals surface area contributed by atoms with Gasteiger partial charge >= 0.3 is 16.8 Å². The SMILES string of the molecule is CC(=O)[O-].CC(=O)[O-].Cc1cc(C=NC2CC3CCC2(N=Cc2cc(C)cc(C(C)(C)C)c2O)C3)c(O)c(C(C)(C)C)c1.[Co+2]. The maximum atomic E-state index is 11.0. The van der Waals surface area contributed by atoms with Crippen molar-refractivity contribution in [3.05, 3.63) is 57.6 Å². The van der Waals surface area contributed by atoms with Gasteiger partial charge in [-0.25, -0.2) is 0 Å². The van der Waals surface area contributed by atoms with Crippen LogP contribution in [0, 0.1) is 19.8 Å². The van der Waals surface area contributed by atoms with E-state index in [1.54, 1.807) is 0 Å². The van der Waals surface area contributed by atoms with Crippen LogP contribution in [0.2, 0.25) is 0 Å². The molecule has 0 amide bonds. The van der Waals surface area contributed by atoms with Crippen molar-refractivity contribution < 1.29 is 46.8 Å². The first-order valence-corrected chi connectivity index (χ1v) is 14.8. The van der Waals surface area contributed by atoms with Crippen molar-refractivity contribution in [2.45, 2.75) is 117 Å². The fourth-order valence-corrected chi connectivity index (χ4v) is 5.92. The molecule has 0 aromatic heterocycles. The number of hydrogen-bond donors (Lipinski definition) is 2. The minimum Gasteiger partial charge on any atom is -0.550 e. The number of aryl methyl sites for hydroxylation is 2. The molecule has 2 aromatic rings. The first kappa shape index (κ1) is 38.9. The summed E-state index contributed by atoms with van der Waals surface area (Å²) in [6.07, 6.45) is 8.01. The number of aliphatic imine (C=N–C) groups is 2. The van der Waals surface area contributed by atoms with Gasteiger partial charge < -0.3 is 30.0 Å². The zero-order valence-corrected chi connectivity index (χ0v) is 28.7. The minimum atomic E-state index is -1.08. The summed E-state index contributed by atoms with van der Waals surface area (Å²) in [4.78, 5) is 27.9. The number of hydrogen-bond acceptors (Lipinski definition) is 8. The molecule has 1 radical (unpaired) electrons. The third kappa shape index (κ3) is 10.5. The Kier molecular flexibility index (Phi) is 13.4. The normalized spacial score (nSPS) is 20.9. The Morgan fingerprint density at radius 3 is 1.64 bits per heavy atom. The average molecular weight is 652 g/mol. The maximum absolute atomic E-state index is 11.0. The smallest absolute Gasteiger partial charge is 0.550 e. The Hall–Kier alpha value is -3.17. The summed E-state index contributed by atoms with van der Waals surface area (Å²) in [7, 11) is 0. The van der Waals surface area contributed by atoms with Crippen molar-refractivity contribution >= 4 is 24.4 Å². The number of carbonyl (C=O) groups excluding carboxylic acids is 2. The number of carboxylic acid groups (broad SMARTS) is 2. The van der Waals surface area contributed by atoms with Crippen LogP contribution in [0.4, 0.5) is 0 Å². The summed E-state index contributed by atoms with van der Waals surface area (Å²) < 4.78 is 0. The third-order valence-electron chi connectivity index (χ3n) is 7.84. The Balaban J connectivity index is 0.000000962. The van der Waals surface area contributed by atoms with Crippen molar-refractivity contribution in [1.29, 1.82) is 0 Å². The van der Waals surface area contributed by atoms with Crippen LogP contribution in [0.3, 0.4) is 0 Å². The van der Waals surface area contributed by atoms with Gasteiger partial charge in [0.1, 0.15) is 11.5 Å². The van der Waals surface area contributed by atoms with Crippen LogP contribution >= 0.6 is 0 Å². The Labute approximate surface area is 272 Å². The van der Waals surface area contributed by atoms with Crippen LogP contribution in [0.15, 0.2) is 34.3 Å². The second-order valence-electron chi connectivity index (χ2n) is 14.0. The first-order valence-electron chi connectivity index (χ1n) is 14.8. The standard InChI is InChI=1S/C31H42N2O2.2C2H4O2.Co/c1-19-11-22(27(34)24(13-19)29(3,4)5)17-32-26-15-21-9-10-31(26,16-21)33-18-23-12-20(2)14-25(28(23)35)30(6,7)8;2*1-2(3)4;/h11-14,17-18,21,26,34-35H,9-10,15-16H2,1-8H3;2*1H3,(H,3,4);/q;;;+2/p-2. The van der Waals surface area contributed by atoms with E-state index in [1.807, 2.05) is 24.6 Å². The van der Waals surface area contributed by atoms with Crippen molar-refractivity contribution in [3.63, 3.8) is 0 Å². The predicted molar refractivity (Wildman–Crippen MR) is 168 cm³/mol. The molecule has 8 nitrogen and oxygen atoms in total. The maximum Gasteiger partial charge on any atom is 2.00 e. The third-order valence-corrected chi connectivity index (χ3v) is 7.84. The molecule has 9 heteroatoms. The monoisotopic (exact) mass is 651 g/mol. The van der Waals surface area contributed by atoms with Gasteiger partial charge in [-0.3, -0.25) is 9.98 Å². The molecule has 2 aliphatic carbocycles. The molecule has 44 heavy (non-hydrogen) atoms. The van der Waals surface area contributed by atoms with E-state index in [0.717, 1.165) is 66.5 Å². The molecule has 2 fully saturated rings. The van der Waals surface area contributed by atoms with Gasteiger partial charge in [0.05, 0.1) is 11.6 Å². The van der Waals surface area contributed by atoms with E-state index < -0.39 is 11.9 Å². The van der Waals surface area contributed by atoms with Crippen molar-refractivity contribution in [3.8, 4) is 11.5 Å². The molecular weight excluding hydrogens is 603 g/mol. The van der Waals surface area contributed by atoms with Gasteiger partial charge in [-0.1, -0.05) is 53.7 Å². The molecular formula is C35H48CoN2O6. The molecule has 4 rings (SSSR count). The van der Waals surface area contributed by atoms with Gasteiger partial charge in [0.2, 0.25) is 0 Å². The summed E-state index contributed by atoms with van der Waals surface area (Å²) in [5.74, 6) is -0.871. The number of benzene rings is 2. The van der Waals surface area contributed by atoms with E-state index in [2.05, 4.69) is 67.5 Å². The largest absolute Gasteiger partial charge is 2.00 e. The fourth-order valence-electron chi connectivity index (χ4n) is 5.92. The zero-order chi connectivity index (χ0) is 32.9. The van der Waals surface area contributed by atoms with Crippen molar-refractivity contribution in [1.82, 2.24) is 0 Å². The number of carboxylic acids is 2. The summed E-state index contributed by atoms with van der Waals surface area (Å²) in [5.41, 5.74) is 5.20. The molecule has 2 aromatic carbocycles. The molecule has 0 heterocycles. The first-order chi connectivity index (χ1) is 19.7. The Bertz CT molecular complexity index is 1370. The number of carbonyl (C=O) groups is 2. The van der Waals surface area contributed by atoms with Gasteiger partial charge in [0.25, 0.3) is 0 Å². The van der Waals surface area contributed by atoms with E-state index >= 15 is 0 Å². The molecule has 0 spiro atoms. The molecule has 2 bridgehead atoms. The second kappa shape index (κ2) is 15.2.